The van der Waals surface area contributed by atoms with E-state index in [1.54, 1.807) is 0 Å². The Bertz CT molecular complexity index is 1160. The molecule has 0 amide bonds. The molecule has 0 spiro atoms. The molecule has 0 saturated carbocycles. The number of aromatic nitrogens is 1. The number of rotatable bonds is 4. The van der Waals surface area contributed by atoms with E-state index in [1.807, 2.05) is 54.2 Å². The molecule has 0 radical (unpaired) electrons. The third-order valence-corrected chi connectivity index (χ3v) is 4.91. The van der Waals surface area contributed by atoms with E-state index in [0.29, 0.717) is 5.56 Å². The van der Waals surface area contributed by atoms with Crippen molar-refractivity contribution < 1.29 is 0 Å². The van der Waals surface area contributed by atoms with E-state index in [2.05, 4.69) is 61.2 Å². The predicted octanol–water partition coefficient (Wildman–Crippen LogP) is 6.72. The van der Waals surface area contributed by atoms with Crippen LogP contribution in [0.1, 0.15) is 18.1 Å². The summed E-state index contributed by atoms with van der Waals surface area (Å²) in [6.07, 6.45) is 3.90. The van der Waals surface area contributed by atoms with Gasteiger partial charge in [-0.05, 0) is 41.3 Å². The van der Waals surface area contributed by atoms with Crippen molar-refractivity contribution in [1.29, 1.82) is 5.26 Å². The van der Waals surface area contributed by atoms with Crippen LogP contribution in [0.2, 0.25) is 0 Å². The van der Waals surface area contributed by atoms with E-state index < -0.39 is 0 Å². The highest BCUT2D eigenvalue weighted by molar-refractivity contribution is 5.74. The van der Waals surface area contributed by atoms with Gasteiger partial charge in [0.2, 0.25) is 0 Å². The Morgan fingerprint density at radius 1 is 0.786 bits per heavy atom. The summed E-state index contributed by atoms with van der Waals surface area (Å²) in [5.74, 6) is 0. The average molecular weight is 360 g/mol. The molecule has 0 unspecified atom stereocenters. The zero-order chi connectivity index (χ0) is 19.5. The second-order valence-corrected chi connectivity index (χ2v) is 6.88. The molecule has 4 rings (SSSR count). The number of nitrogens with zero attached hydrogens (tertiary/aromatic N) is 2. The van der Waals surface area contributed by atoms with E-state index in [9.17, 15) is 5.26 Å². The first-order valence-corrected chi connectivity index (χ1v) is 9.20. The Balaban J connectivity index is 1.69. The minimum absolute atomic E-state index is 0.663. The molecule has 0 atom stereocenters. The van der Waals surface area contributed by atoms with Crippen LogP contribution in [-0.4, -0.2) is 4.57 Å². The highest BCUT2D eigenvalue weighted by atomic mass is 14.9. The Kier molecular flexibility index (Phi) is 4.66. The van der Waals surface area contributed by atoms with E-state index in [0.717, 1.165) is 33.5 Å². The normalized spacial score (nSPS) is 10.4. The van der Waals surface area contributed by atoms with E-state index in [4.69, 9.17) is 0 Å². The topological polar surface area (TPSA) is 28.7 Å². The van der Waals surface area contributed by atoms with Gasteiger partial charge in [0.1, 0.15) is 6.07 Å². The molecule has 134 valence electrons. The zero-order valence-electron chi connectivity index (χ0n) is 15.8. The largest absolute Gasteiger partial charge is 0.322 e. The molecule has 0 saturated heterocycles. The van der Waals surface area contributed by atoms with Crippen LogP contribution in [0, 0.1) is 11.3 Å². The van der Waals surface area contributed by atoms with E-state index >= 15 is 0 Å². The maximum absolute atomic E-state index is 9.61. The second kappa shape index (κ2) is 7.42. The van der Waals surface area contributed by atoms with Gasteiger partial charge in [-0.2, -0.15) is 5.26 Å². The van der Waals surface area contributed by atoms with Gasteiger partial charge < -0.3 is 4.57 Å². The molecular formula is C26H20N2. The van der Waals surface area contributed by atoms with Crippen LogP contribution >= 0.6 is 0 Å². The molecule has 1 aromatic heterocycles. The molecule has 0 bridgehead atoms. The maximum Gasteiger partial charge on any atom is 0.101 e. The highest BCUT2D eigenvalue weighted by Crippen LogP contribution is 2.29. The second-order valence-electron chi connectivity index (χ2n) is 6.88. The lowest BCUT2D eigenvalue weighted by Gasteiger charge is -2.05. The van der Waals surface area contributed by atoms with E-state index in [1.165, 1.54) is 5.56 Å². The lowest BCUT2D eigenvalue weighted by atomic mass is 10.0. The standard InChI is InChI=1S/C26H20N2/c1-19(2)20-12-14-25(15-13-20)28-17-24(16-27)26(18-28)23-10-8-22(9-11-23)21-6-4-3-5-7-21/h3-15,17-18H,1H2,2H3. The molecule has 0 aliphatic rings. The Morgan fingerprint density at radius 3 is 2.00 bits per heavy atom. The number of nitriles is 1. The summed E-state index contributed by atoms with van der Waals surface area (Å²) in [7, 11) is 0. The molecule has 2 heteroatoms. The van der Waals surface area contributed by atoms with Crippen LogP contribution in [0.3, 0.4) is 0 Å². The van der Waals surface area contributed by atoms with Gasteiger partial charge in [-0.3, -0.25) is 0 Å². The smallest absolute Gasteiger partial charge is 0.101 e. The summed E-state index contributed by atoms with van der Waals surface area (Å²) in [6, 6.07) is 29.2. The highest BCUT2D eigenvalue weighted by Gasteiger charge is 2.10. The van der Waals surface area contributed by atoms with Crippen LogP contribution < -0.4 is 0 Å². The van der Waals surface area contributed by atoms with Gasteiger partial charge in [0.05, 0.1) is 5.56 Å². The molecule has 0 fully saturated rings. The van der Waals surface area contributed by atoms with Gasteiger partial charge in [-0.1, -0.05) is 78.9 Å². The first-order chi connectivity index (χ1) is 13.7. The molecule has 0 aliphatic carbocycles. The van der Waals surface area contributed by atoms with Crippen LogP contribution in [0.25, 0.3) is 33.5 Å². The van der Waals surface area contributed by atoms with Gasteiger partial charge >= 0.3 is 0 Å². The fourth-order valence-corrected chi connectivity index (χ4v) is 3.31. The quantitative estimate of drug-likeness (QED) is 0.397. The van der Waals surface area contributed by atoms with Gasteiger partial charge in [0.25, 0.3) is 0 Å². The summed E-state index contributed by atoms with van der Waals surface area (Å²) < 4.78 is 2.00. The molecule has 4 aromatic rings. The van der Waals surface area contributed by atoms with Crippen LogP contribution in [0.4, 0.5) is 0 Å². The first kappa shape index (κ1) is 17.6. The summed E-state index contributed by atoms with van der Waals surface area (Å²) in [5, 5.41) is 9.61. The van der Waals surface area contributed by atoms with Crippen molar-refractivity contribution in [2.75, 3.05) is 0 Å². The van der Waals surface area contributed by atoms with Crippen molar-refractivity contribution in [1.82, 2.24) is 4.57 Å². The third-order valence-electron chi connectivity index (χ3n) is 4.91. The van der Waals surface area contributed by atoms with Crippen LogP contribution in [0.5, 0.6) is 0 Å². The Morgan fingerprint density at radius 2 is 1.39 bits per heavy atom. The number of hydrogen-bond donors (Lipinski definition) is 0. The Hall–Kier alpha value is -3.83. The minimum atomic E-state index is 0.663. The lowest BCUT2D eigenvalue weighted by Crippen LogP contribution is -1.90. The predicted molar refractivity (Wildman–Crippen MR) is 116 cm³/mol. The van der Waals surface area contributed by atoms with Crippen molar-refractivity contribution in [3.63, 3.8) is 0 Å². The number of allylic oxidation sites excluding steroid dienone is 1. The molecule has 0 aliphatic heterocycles. The maximum atomic E-state index is 9.61. The zero-order valence-corrected chi connectivity index (χ0v) is 15.8. The summed E-state index contributed by atoms with van der Waals surface area (Å²) in [4.78, 5) is 0. The first-order valence-electron chi connectivity index (χ1n) is 9.20. The van der Waals surface area contributed by atoms with Gasteiger partial charge in [0, 0.05) is 23.6 Å². The minimum Gasteiger partial charge on any atom is -0.322 e. The summed E-state index contributed by atoms with van der Waals surface area (Å²) >= 11 is 0. The molecule has 1 heterocycles. The van der Waals surface area contributed by atoms with E-state index in [-0.39, 0.29) is 0 Å². The van der Waals surface area contributed by atoms with Crippen LogP contribution in [0.15, 0.2) is 97.8 Å². The fourth-order valence-electron chi connectivity index (χ4n) is 3.31. The molecular weight excluding hydrogens is 340 g/mol. The number of benzene rings is 3. The monoisotopic (exact) mass is 360 g/mol. The van der Waals surface area contributed by atoms with Gasteiger partial charge in [-0.25, -0.2) is 0 Å². The van der Waals surface area contributed by atoms with Gasteiger partial charge in [-0.15, -0.1) is 0 Å². The van der Waals surface area contributed by atoms with Crippen molar-refractivity contribution in [3.05, 3.63) is 109 Å². The lowest BCUT2D eigenvalue weighted by molar-refractivity contribution is 1.08. The number of hydrogen-bond acceptors (Lipinski definition) is 1. The van der Waals surface area contributed by atoms with Crippen molar-refractivity contribution in [2.24, 2.45) is 0 Å². The molecule has 28 heavy (non-hydrogen) atoms. The third kappa shape index (κ3) is 3.39. The molecule has 2 nitrogen and oxygen atoms in total. The summed E-state index contributed by atoms with van der Waals surface area (Å²) in [5.41, 5.74) is 8.16. The summed E-state index contributed by atoms with van der Waals surface area (Å²) in [6.45, 7) is 5.97. The van der Waals surface area contributed by atoms with Crippen molar-refractivity contribution in [2.45, 2.75) is 6.92 Å². The molecule has 3 aromatic carbocycles. The van der Waals surface area contributed by atoms with Gasteiger partial charge in [0.15, 0.2) is 0 Å². The van der Waals surface area contributed by atoms with Crippen molar-refractivity contribution in [3.8, 4) is 34.0 Å². The van der Waals surface area contributed by atoms with Crippen molar-refractivity contribution >= 4 is 5.57 Å². The SMILES string of the molecule is C=C(C)c1ccc(-n2cc(C#N)c(-c3ccc(-c4ccccc4)cc3)c2)cc1. The Labute approximate surface area is 165 Å². The average Bonchev–Trinajstić information content (AvgIpc) is 3.19. The molecule has 0 N–H and O–H groups in total. The fraction of sp³-hybridized carbons (Fsp3) is 0.0385. The van der Waals surface area contributed by atoms with Crippen LogP contribution in [-0.2, 0) is 0 Å².